The molecular formula is C20H18O5. The Bertz CT molecular complexity index is 866. The lowest BCUT2D eigenvalue weighted by Crippen LogP contribution is -2.21. The van der Waals surface area contributed by atoms with Gasteiger partial charge in [-0.2, -0.15) is 0 Å². The van der Waals surface area contributed by atoms with Gasteiger partial charge in [0.2, 0.25) is 0 Å². The Morgan fingerprint density at radius 3 is 2.32 bits per heavy atom. The van der Waals surface area contributed by atoms with Crippen molar-refractivity contribution in [2.45, 2.75) is 32.6 Å². The molecule has 0 unspecified atom stereocenters. The van der Waals surface area contributed by atoms with Gasteiger partial charge in [-0.15, -0.1) is 0 Å². The maximum absolute atomic E-state index is 12.7. The molecular weight excluding hydrogens is 320 g/mol. The minimum Gasteiger partial charge on any atom is -0.504 e. The van der Waals surface area contributed by atoms with Gasteiger partial charge in [-0.3, -0.25) is 14.4 Å². The molecule has 1 aliphatic carbocycles. The molecule has 0 radical (unpaired) electrons. The molecule has 0 spiro atoms. The van der Waals surface area contributed by atoms with Crippen molar-refractivity contribution in [2.24, 2.45) is 0 Å². The second-order valence-corrected chi connectivity index (χ2v) is 5.97. The number of esters is 1. The molecule has 2 aromatic carbocycles. The number of carbonyl (C=O) groups excluding carboxylic acids is 3. The van der Waals surface area contributed by atoms with Gasteiger partial charge in [0.05, 0.1) is 5.56 Å². The summed E-state index contributed by atoms with van der Waals surface area (Å²) < 4.78 is 5.18. The number of aromatic hydroxyl groups is 1. The molecule has 0 aromatic heterocycles. The molecule has 128 valence electrons. The average molecular weight is 338 g/mol. The van der Waals surface area contributed by atoms with Crippen molar-refractivity contribution in [1.29, 1.82) is 0 Å². The summed E-state index contributed by atoms with van der Waals surface area (Å²) >= 11 is 0. The number of phenolic OH excluding ortho intramolecular Hbond substituents is 1. The number of carbonyl (C=O) groups is 3. The van der Waals surface area contributed by atoms with Crippen molar-refractivity contribution < 1.29 is 24.2 Å². The van der Waals surface area contributed by atoms with E-state index in [0.717, 1.165) is 12.8 Å². The summed E-state index contributed by atoms with van der Waals surface area (Å²) in [4.78, 5) is 37.1. The van der Waals surface area contributed by atoms with E-state index in [1.54, 1.807) is 24.3 Å². The van der Waals surface area contributed by atoms with Crippen LogP contribution in [0.1, 0.15) is 64.4 Å². The van der Waals surface area contributed by atoms with Gasteiger partial charge in [0, 0.05) is 23.1 Å². The highest BCUT2D eigenvalue weighted by Crippen LogP contribution is 2.38. The number of hydrogen-bond donors (Lipinski definition) is 1. The largest absolute Gasteiger partial charge is 0.504 e. The van der Waals surface area contributed by atoms with Crippen LogP contribution in [0.3, 0.4) is 0 Å². The zero-order valence-corrected chi connectivity index (χ0v) is 13.9. The highest BCUT2D eigenvalue weighted by molar-refractivity contribution is 6.29. The van der Waals surface area contributed by atoms with E-state index in [2.05, 4.69) is 0 Å². The molecule has 3 rings (SSSR count). The van der Waals surface area contributed by atoms with Crippen LogP contribution in [0, 0.1) is 0 Å². The standard InChI is InChI=1S/C20H18O5/c1-2-3-4-9-16(21)25-15-11-10-14-17(20(15)24)19(23)13-8-6-5-7-12(13)18(14)22/h5-8,10-11,24H,2-4,9H2,1H3. The molecule has 0 saturated carbocycles. The first kappa shape index (κ1) is 16.9. The van der Waals surface area contributed by atoms with Crippen molar-refractivity contribution in [3.63, 3.8) is 0 Å². The highest BCUT2D eigenvalue weighted by Gasteiger charge is 2.33. The fraction of sp³-hybridized carbons (Fsp3) is 0.250. The minimum absolute atomic E-state index is 0.0965. The third kappa shape index (κ3) is 3.05. The van der Waals surface area contributed by atoms with Gasteiger partial charge in [-0.05, 0) is 18.6 Å². The Morgan fingerprint density at radius 2 is 1.64 bits per heavy atom. The average Bonchev–Trinajstić information content (AvgIpc) is 2.61. The first-order chi connectivity index (χ1) is 12.0. The zero-order chi connectivity index (χ0) is 18.0. The summed E-state index contributed by atoms with van der Waals surface area (Å²) in [6, 6.07) is 9.23. The van der Waals surface area contributed by atoms with Crippen LogP contribution in [0.5, 0.6) is 11.5 Å². The maximum atomic E-state index is 12.7. The summed E-state index contributed by atoms with van der Waals surface area (Å²) in [6.07, 6.45) is 2.83. The summed E-state index contributed by atoms with van der Waals surface area (Å²) in [7, 11) is 0. The number of hydrogen-bond acceptors (Lipinski definition) is 5. The Balaban J connectivity index is 1.93. The van der Waals surface area contributed by atoms with E-state index in [1.165, 1.54) is 12.1 Å². The van der Waals surface area contributed by atoms with Crippen LogP contribution in [0.15, 0.2) is 36.4 Å². The molecule has 0 aliphatic heterocycles. The smallest absolute Gasteiger partial charge is 0.311 e. The van der Waals surface area contributed by atoms with Crippen LogP contribution in [0.25, 0.3) is 0 Å². The Kier molecular flexibility index (Phi) is 4.65. The molecule has 0 atom stereocenters. The van der Waals surface area contributed by atoms with E-state index in [4.69, 9.17) is 4.74 Å². The number of phenols is 1. The lowest BCUT2D eigenvalue weighted by molar-refractivity contribution is -0.134. The van der Waals surface area contributed by atoms with Crippen molar-refractivity contribution in [3.8, 4) is 11.5 Å². The van der Waals surface area contributed by atoms with Crippen molar-refractivity contribution in [1.82, 2.24) is 0 Å². The van der Waals surface area contributed by atoms with E-state index < -0.39 is 17.5 Å². The molecule has 0 bridgehead atoms. The molecule has 5 nitrogen and oxygen atoms in total. The predicted molar refractivity (Wildman–Crippen MR) is 91.2 cm³/mol. The molecule has 0 saturated heterocycles. The number of ketones is 2. The quantitative estimate of drug-likeness (QED) is 0.436. The lowest BCUT2D eigenvalue weighted by Gasteiger charge is -2.19. The number of fused-ring (bicyclic) bond motifs is 2. The third-order valence-electron chi connectivity index (χ3n) is 4.24. The number of benzene rings is 2. The van der Waals surface area contributed by atoms with Crippen LogP contribution in [0.4, 0.5) is 0 Å². The molecule has 1 aliphatic rings. The van der Waals surface area contributed by atoms with Gasteiger partial charge < -0.3 is 9.84 Å². The Morgan fingerprint density at radius 1 is 0.960 bits per heavy atom. The fourth-order valence-corrected chi connectivity index (χ4v) is 2.93. The van der Waals surface area contributed by atoms with E-state index in [1.807, 2.05) is 6.92 Å². The SMILES string of the molecule is CCCCCC(=O)Oc1ccc2c(c1O)C(=O)c1ccccc1C2=O. The van der Waals surface area contributed by atoms with Crippen LogP contribution in [-0.4, -0.2) is 22.6 Å². The van der Waals surface area contributed by atoms with Crippen molar-refractivity contribution in [2.75, 3.05) is 0 Å². The first-order valence-corrected chi connectivity index (χ1v) is 8.29. The highest BCUT2D eigenvalue weighted by atomic mass is 16.5. The van der Waals surface area contributed by atoms with Gasteiger partial charge in [-0.1, -0.05) is 44.0 Å². The summed E-state index contributed by atoms with van der Waals surface area (Å²) in [6.45, 7) is 2.03. The predicted octanol–water partition coefficient (Wildman–Crippen LogP) is 3.65. The molecule has 0 heterocycles. The maximum Gasteiger partial charge on any atom is 0.311 e. The van der Waals surface area contributed by atoms with Crippen molar-refractivity contribution in [3.05, 3.63) is 58.7 Å². The van der Waals surface area contributed by atoms with Gasteiger partial charge >= 0.3 is 5.97 Å². The molecule has 5 heteroatoms. The zero-order valence-electron chi connectivity index (χ0n) is 13.9. The first-order valence-electron chi connectivity index (χ1n) is 8.29. The van der Waals surface area contributed by atoms with Crippen molar-refractivity contribution >= 4 is 17.5 Å². The minimum atomic E-state index is -0.473. The number of rotatable bonds is 5. The van der Waals surface area contributed by atoms with E-state index >= 15 is 0 Å². The summed E-state index contributed by atoms with van der Waals surface area (Å²) in [5.41, 5.74) is 0.556. The molecule has 25 heavy (non-hydrogen) atoms. The molecule has 2 aromatic rings. The second kappa shape index (κ2) is 6.89. The van der Waals surface area contributed by atoms with E-state index in [0.29, 0.717) is 12.0 Å². The van der Waals surface area contributed by atoms with Gasteiger partial charge in [0.25, 0.3) is 0 Å². The third-order valence-corrected chi connectivity index (χ3v) is 4.24. The second-order valence-electron chi connectivity index (χ2n) is 5.97. The Labute approximate surface area is 145 Å². The molecule has 1 N–H and O–H groups in total. The Hall–Kier alpha value is -2.95. The van der Waals surface area contributed by atoms with Gasteiger partial charge in [0.15, 0.2) is 23.1 Å². The normalized spacial score (nSPS) is 12.5. The van der Waals surface area contributed by atoms with Crippen LogP contribution >= 0.6 is 0 Å². The topological polar surface area (TPSA) is 80.7 Å². The van der Waals surface area contributed by atoms with Crippen LogP contribution in [0.2, 0.25) is 0 Å². The monoisotopic (exact) mass is 338 g/mol. The van der Waals surface area contributed by atoms with Gasteiger partial charge in [0.1, 0.15) is 0 Å². The number of unbranched alkanes of at least 4 members (excludes halogenated alkanes) is 2. The summed E-state index contributed by atoms with van der Waals surface area (Å²) in [5.74, 6) is -1.82. The van der Waals surface area contributed by atoms with E-state index in [-0.39, 0.29) is 34.6 Å². The van der Waals surface area contributed by atoms with Crippen LogP contribution < -0.4 is 4.74 Å². The molecule has 0 fully saturated rings. The van der Waals surface area contributed by atoms with Gasteiger partial charge in [-0.25, -0.2) is 0 Å². The van der Waals surface area contributed by atoms with Crippen LogP contribution in [-0.2, 0) is 4.79 Å². The van der Waals surface area contributed by atoms with E-state index in [9.17, 15) is 19.5 Å². The number of ether oxygens (including phenoxy) is 1. The molecule has 0 amide bonds. The summed E-state index contributed by atoms with van der Waals surface area (Å²) in [5, 5.41) is 10.4. The lowest BCUT2D eigenvalue weighted by atomic mass is 9.83. The fourth-order valence-electron chi connectivity index (χ4n) is 2.93.